The number of hydrogen-bond acceptors (Lipinski definition) is 5. The van der Waals surface area contributed by atoms with Crippen molar-refractivity contribution in [1.29, 1.82) is 0 Å². The van der Waals surface area contributed by atoms with Crippen molar-refractivity contribution < 1.29 is 8.42 Å². The third-order valence-electron chi connectivity index (χ3n) is 7.22. The summed E-state index contributed by atoms with van der Waals surface area (Å²) in [5.74, 6) is 1.48. The summed E-state index contributed by atoms with van der Waals surface area (Å²) < 4.78 is 31.4. The molecule has 7 aromatic rings. The molecule has 3 aromatic heterocycles. The molecule has 0 saturated heterocycles. The van der Waals surface area contributed by atoms with Crippen molar-refractivity contribution in [1.82, 2.24) is 23.9 Å². The van der Waals surface area contributed by atoms with Gasteiger partial charge in [-0.05, 0) is 48.5 Å². The van der Waals surface area contributed by atoms with E-state index in [4.69, 9.17) is 15.0 Å². The first-order valence-corrected chi connectivity index (χ1v) is 13.6. The van der Waals surface area contributed by atoms with E-state index in [9.17, 15) is 8.42 Å². The van der Waals surface area contributed by atoms with E-state index in [1.54, 1.807) is 18.2 Å². The summed E-state index contributed by atoms with van der Waals surface area (Å²) in [5.41, 5.74) is 6.04. The van der Waals surface area contributed by atoms with Gasteiger partial charge in [-0.1, -0.05) is 43.3 Å². The molecule has 7 nitrogen and oxygen atoms in total. The molecular weight excluding hydrogens is 482 g/mol. The number of sulfone groups is 1. The molecule has 0 radical (unpaired) electrons. The Kier molecular flexibility index (Phi) is 3.91. The van der Waals surface area contributed by atoms with Crippen LogP contribution in [0.1, 0.15) is 12.7 Å². The predicted octanol–water partition coefficient (Wildman–Crippen LogP) is 5.75. The van der Waals surface area contributed by atoms with E-state index in [0.717, 1.165) is 39.0 Å². The fraction of sp³-hybridized carbons (Fsp3) is 0.0690. The van der Waals surface area contributed by atoms with E-state index in [0.29, 0.717) is 33.9 Å². The van der Waals surface area contributed by atoms with Crippen LogP contribution >= 0.6 is 0 Å². The maximum atomic E-state index is 13.7. The minimum atomic E-state index is -3.70. The summed E-state index contributed by atoms with van der Waals surface area (Å²) in [6.45, 7) is 2.03. The summed E-state index contributed by atoms with van der Waals surface area (Å²) in [6.07, 6.45) is 0.649. The van der Waals surface area contributed by atoms with Gasteiger partial charge >= 0.3 is 0 Å². The number of fused-ring (bicyclic) bond motifs is 7. The lowest BCUT2D eigenvalue weighted by atomic mass is 10.1. The SMILES string of the molecule is CCc1nc2c(-c3nc4ccccc4c4nc5ccccc5n34)ccc3c2n1-c1ccccc1S3(=O)=O. The Morgan fingerprint density at radius 2 is 1.51 bits per heavy atom. The highest BCUT2D eigenvalue weighted by molar-refractivity contribution is 7.92. The minimum absolute atomic E-state index is 0.268. The highest BCUT2D eigenvalue weighted by Gasteiger charge is 2.34. The Labute approximate surface area is 211 Å². The van der Waals surface area contributed by atoms with Crippen LogP contribution in [0.15, 0.2) is 94.7 Å². The first-order chi connectivity index (χ1) is 18.1. The van der Waals surface area contributed by atoms with Crippen molar-refractivity contribution in [3.63, 3.8) is 0 Å². The molecule has 0 aliphatic carbocycles. The van der Waals surface area contributed by atoms with Gasteiger partial charge in [-0.25, -0.2) is 23.4 Å². The quantitative estimate of drug-likeness (QED) is 0.301. The van der Waals surface area contributed by atoms with E-state index in [2.05, 4.69) is 4.40 Å². The lowest BCUT2D eigenvalue weighted by Crippen LogP contribution is -2.15. The molecule has 8 heteroatoms. The second-order valence-corrected chi connectivity index (χ2v) is 11.1. The van der Waals surface area contributed by atoms with Crippen LogP contribution < -0.4 is 0 Å². The number of aryl methyl sites for hydroxylation is 1. The molecule has 0 amide bonds. The normalized spacial score (nSPS) is 14.1. The summed E-state index contributed by atoms with van der Waals surface area (Å²) >= 11 is 0. The maximum absolute atomic E-state index is 13.7. The number of nitrogens with zero attached hydrogens (tertiary/aromatic N) is 5. The Hall–Kier alpha value is -4.56. The fourth-order valence-electron chi connectivity index (χ4n) is 5.61. The molecule has 37 heavy (non-hydrogen) atoms. The molecule has 8 rings (SSSR count). The van der Waals surface area contributed by atoms with Crippen LogP contribution in [0, 0.1) is 0 Å². The maximum Gasteiger partial charge on any atom is 0.210 e. The van der Waals surface area contributed by atoms with E-state index in [1.165, 1.54) is 0 Å². The van der Waals surface area contributed by atoms with Gasteiger partial charge in [0.05, 0.1) is 37.5 Å². The molecule has 4 aromatic carbocycles. The van der Waals surface area contributed by atoms with E-state index < -0.39 is 9.84 Å². The van der Waals surface area contributed by atoms with Gasteiger partial charge in [0.1, 0.15) is 22.8 Å². The molecule has 1 aliphatic rings. The highest BCUT2D eigenvalue weighted by atomic mass is 32.2. The van der Waals surface area contributed by atoms with Crippen LogP contribution in [-0.2, 0) is 16.3 Å². The van der Waals surface area contributed by atoms with Crippen LogP contribution in [0.25, 0.3) is 55.7 Å². The highest BCUT2D eigenvalue weighted by Crippen LogP contribution is 2.42. The Morgan fingerprint density at radius 3 is 2.38 bits per heavy atom. The second kappa shape index (κ2) is 7.02. The molecule has 0 spiro atoms. The topological polar surface area (TPSA) is 82.2 Å². The zero-order valence-corrected chi connectivity index (χ0v) is 20.6. The van der Waals surface area contributed by atoms with E-state index in [1.807, 2.05) is 78.2 Å². The van der Waals surface area contributed by atoms with Gasteiger partial charge in [0.25, 0.3) is 0 Å². The van der Waals surface area contributed by atoms with Crippen molar-refractivity contribution in [2.24, 2.45) is 0 Å². The first-order valence-electron chi connectivity index (χ1n) is 12.1. The monoisotopic (exact) mass is 501 g/mol. The molecule has 0 fully saturated rings. The van der Waals surface area contributed by atoms with Crippen molar-refractivity contribution in [3.8, 4) is 17.1 Å². The van der Waals surface area contributed by atoms with E-state index in [-0.39, 0.29) is 4.90 Å². The second-order valence-electron chi connectivity index (χ2n) is 9.21. The molecular formula is C29H19N5O2S. The Morgan fingerprint density at radius 1 is 0.757 bits per heavy atom. The predicted molar refractivity (Wildman–Crippen MR) is 143 cm³/mol. The van der Waals surface area contributed by atoms with Gasteiger partial charge in [-0.2, -0.15) is 0 Å². The van der Waals surface area contributed by atoms with Gasteiger partial charge in [0.15, 0.2) is 0 Å². The van der Waals surface area contributed by atoms with Gasteiger partial charge in [-0.15, -0.1) is 0 Å². The average Bonchev–Trinajstić information content (AvgIpc) is 3.51. The van der Waals surface area contributed by atoms with Crippen LogP contribution in [0.5, 0.6) is 0 Å². The summed E-state index contributed by atoms with van der Waals surface area (Å²) in [4.78, 5) is 15.6. The molecule has 178 valence electrons. The number of hydrogen-bond donors (Lipinski definition) is 0. The van der Waals surface area contributed by atoms with Crippen molar-refractivity contribution >= 4 is 48.5 Å². The number of para-hydroxylation sites is 4. The first kappa shape index (κ1) is 20.6. The number of aromatic nitrogens is 5. The molecule has 4 heterocycles. The molecule has 0 saturated carbocycles. The zero-order valence-electron chi connectivity index (χ0n) is 19.8. The van der Waals surface area contributed by atoms with Crippen LogP contribution in [-0.4, -0.2) is 32.3 Å². The van der Waals surface area contributed by atoms with E-state index >= 15 is 0 Å². The van der Waals surface area contributed by atoms with Crippen LogP contribution in [0.3, 0.4) is 0 Å². The molecule has 0 N–H and O–H groups in total. The van der Waals surface area contributed by atoms with Gasteiger partial charge in [-0.3, -0.25) is 8.97 Å². The van der Waals surface area contributed by atoms with Gasteiger partial charge < -0.3 is 0 Å². The largest absolute Gasteiger partial charge is 0.294 e. The van der Waals surface area contributed by atoms with Crippen molar-refractivity contribution in [2.75, 3.05) is 0 Å². The fourth-order valence-corrected chi connectivity index (χ4v) is 7.23. The molecule has 0 atom stereocenters. The molecule has 0 bridgehead atoms. The van der Waals surface area contributed by atoms with Gasteiger partial charge in [0, 0.05) is 17.4 Å². The molecule has 1 aliphatic heterocycles. The average molecular weight is 502 g/mol. The third-order valence-corrected chi connectivity index (χ3v) is 9.06. The Bertz CT molecular complexity index is 2210. The standard InChI is InChI=1S/C29H19N5O2S/c1-2-25-32-26-18(15-16-24-27(26)33(25)22-13-7-8-14-23(22)37(24,35)36)29-30-19-10-4-3-9-17(19)28-31-20-11-5-6-12-21(20)34(28)29/h3-16H,2H2,1H3. The van der Waals surface area contributed by atoms with Gasteiger partial charge in [0.2, 0.25) is 9.84 Å². The summed E-state index contributed by atoms with van der Waals surface area (Å²) in [6, 6.07) is 26.6. The lowest BCUT2D eigenvalue weighted by molar-refractivity contribution is 0.594. The smallest absolute Gasteiger partial charge is 0.210 e. The van der Waals surface area contributed by atoms with Crippen molar-refractivity contribution in [2.45, 2.75) is 23.1 Å². The summed E-state index contributed by atoms with van der Waals surface area (Å²) in [7, 11) is -3.70. The number of rotatable bonds is 2. The van der Waals surface area contributed by atoms with Crippen LogP contribution in [0.4, 0.5) is 0 Å². The van der Waals surface area contributed by atoms with Crippen LogP contribution in [0.2, 0.25) is 0 Å². The summed E-state index contributed by atoms with van der Waals surface area (Å²) in [5, 5.41) is 0.952. The number of benzene rings is 4. The molecule has 0 unspecified atom stereocenters. The van der Waals surface area contributed by atoms with Crippen molar-refractivity contribution in [3.05, 3.63) is 90.8 Å². The Balaban J connectivity index is 1.58. The number of imidazole rings is 2. The lowest BCUT2D eigenvalue weighted by Gasteiger charge is -2.21. The zero-order chi connectivity index (χ0) is 24.9. The third kappa shape index (κ3) is 2.55. The minimum Gasteiger partial charge on any atom is -0.294 e.